The molecule has 6 nitrogen and oxygen atoms in total. The number of aliphatic hydroxyl groups excluding tert-OH is 1. The molecule has 0 fully saturated rings. The molecule has 0 aromatic carbocycles. The van der Waals surface area contributed by atoms with Gasteiger partial charge in [0.2, 0.25) is 0 Å². The average molecular weight is 193 g/mol. The van der Waals surface area contributed by atoms with Gasteiger partial charge in [-0.1, -0.05) is 0 Å². The molecule has 0 amide bonds. The molecule has 0 saturated carbocycles. The van der Waals surface area contributed by atoms with E-state index in [1.165, 1.54) is 6.92 Å². The van der Waals surface area contributed by atoms with Gasteiger partial charge in [-0.2, -0.15) is 0 Å². The number of aliphatic hydroxyl groups is 1. The Morgan fingerprint density at radius 1 is 1.38 bits per heavy atom. The smallest absolute Gasteiger partial charge is 0.332 e. The molecule has 0 rings (SSSR count). The number of nitrogens with two attached hydrogens (primary N) is 1. The average Bonchev–Trinajstić information content (AvgIpc) is 2.01. The van der Waals surface area contributed by atoms with Crippen molar-refractivity contribution in [3.05, 3.63) is 0 Å². The highest BCUT2D eigenvalue weighted by Gasteiger charge is 2.01. The van der Waals surface area contributed by atoms with E-state index in [0.717, 1.165) is 0 Å². The van der Waals surface area contributed by atoms with E-state index in [1.54, 1.807) is 0 Å². The van der Waals surface area contributed by atoms with E-state index in [0.29, 0.717) is 13.0 Å². The summed E-state index contributed by atoms with van der Waals surface area (Å²) in [6, 6.07) is 0. The molecule has 78 valence electrons. The first-order valence-corrected chi connectivity index (χ1v) is 3.74. The second-order valence-electron chi connectivity index (χ2n) is 2.30. The third-order valence-corrected chi connectivity index (χ3v) is 0.952. The summed E-state index contributed by atoms with van der Waals surface area (Å²) in [7, 11) is 0. The lowest BCUT2D eigenvalue weighted by Crippen LogP contribution is -2.13. The number of carbonyl (C=O) groups is 2. The van der Waals surface area contributed by atoms with E-state index in [2.05, 4.69) is 0 Å². The molecule has 1 unspecified atom stereocenters. The summed E-state index contributed by atoms with van der Waals surface area (Å²) in [5, 5.41) is 23.8. The SMILES string of the molecule is CC(O)C(=O)O.NCCCC(=O)O. The maximum Gasteiger partial charge on any atom is 0.332 e. The van der Waals surface area contributed by atoms with Crippen LogP contribution in [0.4, 0.5) is 0 Å². The van der Waals surface area contributed by atoms with Gasteiger partial charge >= 0.3 is 11.9 Å². The summed E-state index contributed by atoms with van der Waals surface area (Å²) >= 11 is 0. The fraction of sp³-hybridized carbons (Fsp3) is 0.714. The van der Waals surface area contributed by atoms with Crippen molar-refractivity contribution in [1.82, 2.24) is 0 Å². The monoisotopic (exact) mass is 193 g/mol. The number of hydrogen-bond acceptors (Lipinski definition) is 4. The molecule has 0 aliphatic rings. The van der Waals surface area contributed by atoms with Crippen molar-refractivity contribution >= 4 is 11.9 Å². The number of hydrogen-bond donors (Lipinski definition) is 4. The maximum absolute atomic E-state index is 9.70. The zero-order valence-electron chi connectivity index (χ0n) is 7.43. The van der Waals surface area contributed by atoms with Gasteiger partial charge in [-0.3, -0.25) is 4.79 Å². The van der Waals surface area contributed by atoms with Crippen LogP contribution in [0.15, 0.2) is 0 Å². The van der Waals surface area contributed by atoms with E-state index < -0.39 is 18.0 Å². The zero-order chi connectivity index (χ0) is 10.9. The molecule has 0 aromatic rings. The molecule has 0 aromatic heterocycles. The first-order valence-electron chi connectivity index (χ1n) is 3.74. The summed E-state index contributed by atoms with van der Waals surface area (Å²) < 4.78 is 0. The molecule has 5 N–H and O–H groups in total. The summed E-state index contributed by atoms with van der Waals surface area (Å²) in [6.45, 7) is 1.66. The van der Waals surface area contributed by atoms with Crippen LogP contribution in [0.1, 0.15) is 19.8 Å². The molecule has 0 bridgehead atoms. The van der Waals surface area contributed by atoms with Gasteiger partial charge < -0.3 is 21.1 Å². The third-order valence-electron chi connectivity index (χ3n) is 0.952. The molecule has 6 heteroatoms. The summed E-state index contributed by atoms with van der Waals surface area (Å²) in [6.07, 6.45) is -0.462. The molecule has 1 atom stereocenters. The fourth-order valence-electron chi connectivity index (χ4n) is 0.253. The first kappa shape index (κ1) is 14.4. The standard InChI is InChI=1S/C4H9NO2.C3H6O3/c5-3-1-2-4(6)7;1-2(4)3(5)6/h1-3,5H2,(H,6,7);2,4H,1H3,(H,5,6). The number of aliphatic carboxylic acids is 2. The number of carboxylic acid groups (broad SMARTS) is 2. The van der Waals surface area contributed by atoms with E-state index in [9.17, 15) is 9.59 Å². The highest BCUT2D eigenvalue weighted by molar-refractivity contribution is 5.71. The van der Waals surface area contributed by atoms with E-state index in [-0.39, 0.29) is 6.42 Å². The Kier molecular flexibility index (Phi) is 9.91. The third kappa shape index (κ3) is 18.1. The van der Waals surface area contributed by atoms with Crippen molar-refractivity contribution in [3.8, 4) is 0 Å². The molecule has 0 heterocycles. The summed E-state index contributed by atoms with van der Waals surface area (Å²) in [5.74, 6) is -1.96. The second-order valence-corrected chi connectivity index (χ2v) is 2.30. The molecular weight excluding hydrogens is 178 g/mol. The fourth-order valence-corrected chi connectivity index (χ4v) is 0.253. The maximum atomic E-state index is 9.70. The van der Waals surface area contributed by atoms with Gasteiger partial charge in [0.25, 0.3) is 0 Å². The van der Waals surface area contributed by atoms with Crippen LogP contribution in [0, 0.1) is 0 Å². The highest BCUT2D eigenvalue weighted by atomic mass is 16.4. The van der Waals surface area contributed by atoms with Gasteiger partial charge in [0.15, 0.2) is 0 Å². The van der Waals surface area contributed by atoms with Gasteiger partial charge in [0.05, 0.1) is 0 Å². The van der Waals surface area contributed by atoms with Crippen molar-refractivity contribution in [1.29, 1.82) is 0 Å². The van der Waals surface area contributed by atoms with Crippen molar-refractivity contribution in [2.24, 2.45) is 5.73 Å². The molecule has 0 saturated heterocycles. The Morgan fingerprint density at radius 2 is 1.77 bits per heavy atom. The molecule has 0 aliphatic heterocycles. The van der Waals surface area contributed by atoms with Crippen molar-refractivity contribution in [2.75, 3.05) is 6.54 Å². The molecule has 0 spiro atoms. The molecular formula is C7H15NO5. The van der Waals surface area contributed by atoms with Gasteiger partial charge in [0.1, 0.15) is 6.10 Å². The van der Waals surface area contributed by atoms with E-state index >= 15 is 0 Å². The summed E-state index contributed by atoms with van der Waals surface area (Å²) in [5.41, 5.74) is 5.01. The van der Waals surface area contributed by atoms with Crippen LogP contribution < -0.4 is 5.73 Å². The van der Waals surface area contributed by atoms with Gasteiger partial charge in [-0.15, -0.1) is 0 Å². The van der Waals surface area contributed by atoms with Crippen LogP contribution in [-0.4, -0.2) is 39.9 Å². The lowest BCUT2D eigenvalue weighted by molar-refractivity contribution is -0.145. The van der Waals surface area contributed by atoms with E-state index in [1.807, 2.05) is 0 Å². The Morgan fingerprint density at radius 3 is 1.85 bits per heavy atom. The number of rotatable bonds is 4. The van der Waals surface area contributed by atoms with Gasteiger partial charge in [-0.05, 0) is 19.9 Å². The lowest BCUT2D eigenvalue weighted by atomic mass is 10.3. The first-order chi connectivity index (χ1) is 5.91. The predicted molar refractivity (Wildman–Crippen MR) is 45.2 cm³/mol. The van der Waals surface area contributed by atoms with Crippen LogP contribution >= 0.6 is 0 Å². The van der Waals surface area contributed by atoms with Crippen LogP contribution in [0.3, 0.4) is 0 Å². The Hall–Kier alpha value is -1.14. The Labute approximate surface area is 76.0 Å². The summed E-state index contributed by atoms with van der Waals surface area (Å²) in [4.78, 5) is 19.2. The normalized spacial score (nSPS) is 11.0. The number of carboxylic acids is 2. The van der Waals surface area contributed by atoms with Crippen LogP contribution in [-0.2, 0) is 9.59 Å². The second kappa shape index (κ2) is 8.95. The van der Waals surface area contributed by atoms with Crippen LogP contribution in [0.25, 0.3) is 0 Å². The minimum atomic E-state index is -1.23. The molecule has 0 radical (unpaired) electrons. The van der Waals surface area contributed by atoms with Gasteiger partial charge in [0, 0.05) is 6.42 Å². The van der Waals surface area contributed by atoms with Gasteiger partial charge in [-0.25, -0.2) is 4.79 Å². The van der Waals surface area contributed by atoms with Crippen LogP contribution in [0.2, 0.25) is 0 Å². The van der Waals surface area contributed by atoms with E-state index in [4.69, 9.17) is 21.1 Å². The largest absolute Gasteiger partial charge is 0.481 e. The minimum Gasteiger partial charge on any atom is -0.481 e. The molecule has 13 heavy (non-hydrogen) atoms. The van der Waals surface area contributed by atoms with Crippen molar-refractivity contribution in [3.63, 3.8) is 0 Å². The minimum absolute atomic E-state index is 0.191. The predicted octanol–water partition coefficient (Wildman–Crippen LogP) is -0.738. The Bertz CT molecular complexity index is 157. The quantitative estimate of drug-likeness (QED) is 0.466. The van der Waals surface area contributed by atoms with Crippen molar-refractivity contribution < 1.29 is 24.9 Å². The zero-order valence-corrected chi connectivity index (χ0v) is 7.43. The Balaban J connectivity index is 0. The molecule has 0 aliphatic carbocycles. The lowest BCUT2D eigenvalue weighted by Gasteiger charge is -1.89. The van der Waals surface area contributed by atoms with Crippen LogP contribution in [0.5, 0.6) is 0 Å². The van der Waals surface area contributed by atoms with Crippen molar-refractivity contribution in [2.45, 2.75) is 25.9 Å². The topological polar surface area (TPSA) is 121 Å². The highest BCUT2D eigenvalue weighted by Crippen LogP contribution is 1.82.